The zero-order valence-electron chi connectivity index (χ0n) is 29.9. The van der Waals surface area contributed by atoms with Gasteiger partial charge in [-0.1, -0.05) is 42.8 Å². The van der Waals surface area contributed by atoms with Crippen LogP contribution in [0.15, 0.2) is 52.9 Å². The Labute approximate surface area is 297 Å². The second-order valence-corrected chi connectivity index (χ2v) is 17.2. The molecular formula is C39H52N4O6S. The van der Waals surface area contributed by atoms with Crippen LogP contribution in [-0.4, -0.2) is 85.5 Å². The zero-order valence-corrected chi connectivity index (χ0v) is 30.7. The van der Waals surface area contributed by atoms with E-state index >= 15 is 0 Å². The summed E-state index contributed by atoms with van der Waals surface area (Å²) in [4.78, 5) is 31.2. The first-order valence-electron chi connectivity index (χ1n) is 18.4. The van der Waals surface area contributed by atoms with Gasteiger partial charge < -0.3 is 24.0 Å². The van der Waals surface area contributed by atoms with Crippen LogP contribution in [0.2, 0.25) is 0 Å². The van der Waals surface area contributed by atoms with Gasteiger partial charge in [-0.2, -0.15) is 0 Å². The highest BCUT2D eigenvalue weighted by atomic mass is 32.2. The van der Waals surface area contributed by atoms with Crippen LogP contribution in [0, 0.1) is 24.7 Å². The summed E-state index contributed by atoms with van der Waals surface area (Å²) in [5, 5.41) is 0. The Morgan fingerprint density at radius 1 is 1.16 bits per heavy atom. The number of aryl methyl sites for hydroxylation is 2. The standard InChI is InChI=1S/C39H52N4O6S/c1-5-48-31-21-42(22-31)38(45)41-50(46)23-27(3)8-6-10-35(47-4)32-14-12-30(32)20-43-24-39(17-7-9-28-18-26(2)11-15-33(28)39)25-49-36-16-13-29(19-34(36)43)37(44)40-50/h6,10-11,13,15-16,18-19,27,30-32,35H,5,7-9,12,14,17,20-25H2,1-4H3,(H,40,41,44,45,46)/b10-6+/t27-,30-,32+,35-,39-,50?/m0/s1. The van der Waals surface area contributed by atoms with Crippen molar-refractivity contribution < 1.29 is 28.0 Å². The van der Waals surface area contributed by atoms with Gasteiger partial charge in [0.1, 0.15) is 15.7 Å². The van der Waals surface area contributed by atoms with E-state index in [2.05, 4.69) is 51.3 Å². The highest BCUT2D eigenvalue weighted by Crippen LogP contribution is 2.47. The lowest BCUT2D eigenvalue weighted by Crippen LogP contribution is -2.58. The minimum absolute atomic E-state index is 0.0322. The van der Waals surface area contributed by atoms with E-state index in [0.29, 0.717) is 50.1 Å². The Kier molecular flexibility index (Phi) is 10.0. The highest BCUT2D eigenvalue weighted by Gasteiger charge is 2.44. The minimum Gasteiger partial charge on any atom is -0.490 e. The van der Waals surface area contributed by atoms with E-state index in [0.717, 1.165) is 56.6 Å². The molecule has 10 nitrogen and oxygen atoms in total. The van der Waals surface area contributed by atoms with Gasteiger partial charge in [-0.05, 0) is 99.5 Å². The number of fused-ring (bicyclic) bond motifs is 4. The molecule has 1 saturated carbocycles. The molecule has 270 valence electrons. The van der Waals surface area contributed by atoms with Crippen LogP contribution < -0.4 is 14.4 Å². The molecule has 7 rings (SSSR count). The summed E-state index contributed by atoms with van der Waals surface area (Å²) in [6, 6.07) is 11.8. The third-order valence-electron chi connectivity index (χ3n) is 11.5. The fourth-order valence-electron chi connectivity index (χ4n) is 8.67. The molecule has 3 aliphatic heterocycles. The molecule has 2 bridgehead atoms. The number of anilines is 1. The van der Waals surface area contributed by atoms with Crippen LogP contribution in [-0.2, 0) is 31.2 Å². The van der Waals surface area contributed by atoms with Crippen molar-refractivity contribution >= 4 is 27.5 Å². The van der Waals surface area contributed by atoms with Crippen LogP contribution >= 0.6 is 0 Å². The topological polar surface area (TPSA) is 110 Å². The number of urea groups is 1. The van der Waals surface area contributed by atoms with Gasteiger partial charge in [-0.25, -0.2) is 9.00 Å². The lowest BCUT2D eigenvalue weighted by atomic mass is 9.68. The SMILES string of the molecule is CCOC1CN(C(=O)NS2(=O)=NC(=O)c3ccc4c(c3)N(C[C@@H]3CC[C@H]3[C@@H](OC)/C=C/C[C@H](C)C2)C[C@@]2(CCCc3cc(C)ccc32)CO4)C1. The van der Waals surface area contributed by atoms with Crippen molar-refractivity contribution in [2.75, 3.05) is 57.2 Å². The van der Waals surface area contributed by atoms with Crippen molar-refractivity contribution in [2.45, 2.75) is 76.9 Å². The summed E-state index contributed by atoms with van der Waals surface area (Å²) in [6.07, 6.45) is 10.2. The smallest absolute Gasteiger partial charge is 0.330 e. The predicted octanol–water partition coefficient (Wildman–Crippen LogP) is 6.06. The maximum Gasteiger partial charge on any atom is 0.330 e. The largest absolute Gasteiger partial charge is 0.490 e. The summed E-state index contributed by atoms with van der Waals surface area (Å²) in [6.45, 7) is 9.57. The first-order chi connectivity index (χ1) is 24.1. The first kappa shape index (κ1) is 35.0. The van der Waals surface area contributed by atoms with Crippen molar-refractivity contribution in [1.82, 2.24) is 9.62 Å². The molecule has 50 heavy (non-hydrogen) atoms. The number of amides is 3. The molecule has 2 aliphatic carbocycles. The Balaban J connectivity index is 1.26. The molecule has 3 amide bonds. The molecular weight excluding hydrogens is 653 g/mol. The average Bonchev–Trinajstić information content (AvgIpc) is 3.19. The Hall–Kier alpha value is -3.41. The average molecular weight is 705 g/mol. The van der Waals surface area contributed by atoms with Crippen molar-refractivity contribution in [1.29, 1.82) is 0 Å². The van der Waals surface area contributed by atoms with Crippen LogP contribution in [0.4, 0.5) is 10.5 Å². The lowest BCUT2D eigenvalue weighted by molar-refractivity contribution is -0.0290. The van der Waals surface area contributed by atoms with Gasteiger partial charge in [-0.15, -0.1) is 4.36 Å². The maximum absolute atomic E-state index is 14.5. The van der Waals surface area contributed by atoms with Crippen LogP contribution in [0.3, 0.4) is 0 Å². The Bertz CT molecular complexity index is 1760. The molecule has 2 fully saturated rings. The van der Waals surface area contributed by atoms with E-state index in [1.807, 2.05) is 26.0 Å². The summed E-state index contributed by atoms with van der Waals surface area (Å²) < 4.78 is 39.8. The van der Waals surface area contributed by atoms with E-state index in [9.17, 15) is 13.8 Å². The van der Waals surface area contributed by atoms with Crippen LogP contribution in [0.1, 0.15) is 73.0 Å². The van der Waals surface area contributed by atoms with E-state index in [-0.39, 0.29) is 29.3 Å². The fourth-order valence-corrected chi connectivity index (χ4v) is 10.6. The molecule has 0 radical (unpaired) electrons. The molecule has 3 heterocycles. The normalized spacial score (nSPS) is 32.0. The number of carbonyl (C=O) groups excluding carboxylic acids is 2. The third kappa shape index (κ3) is 7.05. The van der Waals surface area contributed by atoms with Gasteiger partial charge in [0, 0.05) is 37.8 Å². The zero-order chi connectivity index (χ0) is 35.0. The molecule has 6 atom stereocenters. The van der Waals surface area contributed by atoms with E-state index < -0.39 is 21.9 Å². The van der Waals surface area contributed by atoms with Crippen LogP contribution in [0.25, 0.3) is 0 Å². The van der Waals surface area contributed by atoms with Gasteiger partial charge >= 0.3 is 6.03 Å². The summed E-state index contributed by atoms with van der Waals surface area (Å²) in [7, 11) is -1.68. The molecule has 11 heteroatoms. The van der Waals surface area contributed by atoms with Gasteiger partial charge in [0.25, 0.3) is 5.91 Å². The molecule has 0 aromatic heterocycles. The van der Waals surface area contributed by atoms with Gasteiger partial charge in [0.05, 0.1) is 43.3 Å². The van der Waals surface area contributed by atoms with Gasteiger partial charge in [0.15, 0.2) is 0 Å². The molecule has 1 saturated heterocycles. The minimum atomic E-state index is -3.46. The number of rotatable bonds is 4. The number of likely N-dealkylation sites (tertiary alicyclic amines) is 1. The van der Waals surface area contributed by atoms with Gasteiger partial charge in [-0.3, -0.25) is 9.52 Å². The molecule has 1 N–H and O–H groups in total. The third-order valence-corrected chi connectivity index (χ3v) is 13.5. The number of carbonyl (C=O) groups is 2. The highest BCUT2D eigenvalue weighted by molar-refractivity contribution is 7.92. The van der Waals surface area contributed by atoms with Crippen molar-refractivity contribution in [2.24, 2.45) is 22.1 Å². The number of methoxy groups -OCH3 is 1. The number of benzene rings is 2. The van der Waals surface area contributed by atoms with Crippen molar-refractivity contribution in [3.05, 3.63) is 70.8 Å². The molecule has 5 aliphatic rings. The summed E-state index contributed by atoms with van der Waals surface area (Å²) in [5.41, 5.74) is 5.03. The monoisotopic (exact) mass is 704 g/mol. The summed E-state index contributed by atoms with van der Waals surface area (Å²) in [5.74, 6) is 0.845. The van der Waals surface area contributed by atoms with E-state index in [1.165, 1.54) is 16.7 Å². The fraction of sp³-hybridized carbons (Fsp3) is 0.590. The Morgan fingerprint density at radius 3 is 2.76 bits per heavy atom. The predicted molar refractivity (Wildman–Crippen MR) is 195 cm³/mol. The number of hydrogen-bond acceptors (Lipinski definition) is 7. The number of nitrogens with one attached hydrogen (secondary N) is 1. The van der Waals surface area contributed by atoms with Crippen LogP contribution in [0.5, 0.6) is 5.75 Å². The van der Waals surface area contributed by atoms with E-state index in [1.54, 1.807) is 18.1 Å². The van der Waals surface area contributed by atoms with Crippen molar-refractivity contribution in [3.63, 3.8) is 0 Å². The Morgan fingerprint density at radius 2 is 2.00 bits per heavy atom. The molecule has 2 aromatic rings. The van der Waals surface area contributed by atoms with Crippen molar-refractivity contribution in [3.8, 4) is 5.75 Å². The number of allylic oxidation sites excluding steroid dienone is 1. The summed E-state index contributed by atoms with van der Waals surface area (Å²) >= 11 is 0. The quantitative estimate of drug-likeness (QED) is 0.386. The number of hydrogen-bond donors (Lipinski definition) is 1. The maximum atomic E-state index is 14.5. The van der Waals surface area contributed by atoms with E-state index in [4.69, 9.17) is 14.2 Å². The number of nitrogens with zero attached hydrogens (tertiary/aromatic N) is 3. The second kappa shape index (κ2) is 14.3. The van der Waals surface area contributed by atoms with Gasteiger partial charge in [0.2, 0.25) is 0 Å². The lowest BCUT2D eigenvalue weighted by Gasteiger charge is -2.46. The number of ether oxygens (including phenoxy) is 3. The molecule has 2 aromatic carbocycles. The second-order valence-electron chi connectivity index (χ2n) is 15.2. The molecule has 1 unspecified atom stereocenters. The first-order valence-corrected chi connectivity index (χ1v) is 20.1. The molecule has 1 spiro atoms.